The summed E-state index contributed by atoms with van der Waals surface area (Å²) < 4.78 is 5.59. The molecule has 1 aliphatic rings. The second-order valence-electron chi connectivity index (χ2n) is 9.31. The Hall–Kier alpha value is -4.46. The number of aryl methyl sites for hydroxylation is 1. The summed E-state index contributed by atoms with van der Waals surface area (Å²) in [5, 5.41) is 4.46. The van der Waals surface area contributed by atoms with Crippen LogP contribution < -0.4 is 10.1 Å². The average molecular weight is 495 g/mol. The summed E-state index contributed by atoms with van der Waals surface area (Å²) in [6.07, 6.45) is 12.1. The molecule has 4 aromatic rings. The van der Waals surface area contributed by atoms with Gasteiger partial charge in [0.25, 0.3) is 0 Å². The number of carbonyl (C=O) groups is 1. The van der Waals surface area contributed by atoms with Crippen LogP contribution in [0.3, 0.4) is 0 Å². The van der Waals surface area contributed by atoms with E-state index in [-0.39, 0.29) is 11.8 Å². The van der Waals surface area contributed by atoms with Gasteiger partial charge in [0, 0.05) is 60.5 Å². The lowest BCUT2D eigenvalue weighted by molar-refractivity contribution is -0.131. The standard InChI is InChI=1S/C29H30N6O2/c1-18-13-31-21(15-30-18)16-32-26-12-19(9-10-23(26)29(36)35(2)3)20-11-24-25(17-34-28(24)33-14-20)22-7-5-6-8-27(22)37-4/h5-9,11-15,17,23,32H,10,16H2,1-4H3,(H,33,34). The highest BCUT2D eigenvalue weighted by Crippen LogP contribution is 2.36. The summed E-state index contributed by atoms with van der Waals surface area (Å²) >= 11 is 0. The molecule has 5 rings (SSSR count). The second-order valence-corrected chi connectivity index (χ2v) is 9.31. The van der Waals surface area contributed by atoms with E-state index in [1.54, 1.807) is 38.5 Å². The Morgan fingerprint density at radius 1 is 1.14 bits per heavy atom. The monoisotopic (exact) mass is 494 g/mol. The number of hydrogen-bond donors (Lipinski definition) is 2. The molecular formula is C29H30N6O2. The SMILES string of the molecule is COc1ccccc1-c1c[nH]c2ncc(C3=CCC(C(=O)N(C)C)C(NCc4cnc(C)cn4)=C3)cc12. The molecule has 0 aliphatic heterocycles. The highest BCUT2D eigenvalue weighted by atomic mass is 16.5. The van der Waals surface area contributed by atoms with Crippen molar-refractivity contribution in [1.82, 2.24) is 30.2 Å². The van der Waals surface area contributed by atoms with Gasteiger partial charge >= 0.3 is 0 Å². The molecule has 1 aromatic carbocycles. The number of ether oxygens (including phenoxy) is 1. The van der Waals surface area contributed by atoms with E-state index in [0.29, 0.717) is 13.0 Å². The zero-order valence-corrected chi connectivity index (χ0v) is 21.4. The largest absolute Gasteiger partial charge is 0.496 e. The number of methoxy groups -OCH3 is 1. The van der Waals surface area contributed by atoms with Crippen molar-refractivity contribution in [3.8, 4) is 16.9 Å². The lowest BCUT2D eigenvalue weighted by Crippen LogP contribution is -2.35. The van der Waals surface area contributed by atoms with Gasteiger partial charge in [-0.3, -0.25) is 14.8 Å². The fourth-order valence-corrected chi connectivity index (χ4v) is 4.57. The molecule has 3 heterocycles. The summed E-state index contributed by atoms with van der Waals surface area (Å²) in [5.41, 5.74) is 7.37. The summed E-state index contributed by atoms with van der Waals surface area (Å²) in [6, 6.07) is 10.1. The van der Waals surface area contributed by atoms with Crippen molar-refractivity contribution in [2.75, 3.05) is 21.2 Å². The van der Waals surface area contributed by atoms with Gasteiger partial charge in [-0.2, -0.15) is 0 Å². The van der Waals surface area contributed by atoms with Gasteiger partial charge in [-0.25, -0.2) is 4.98 Å². The van der Waals surface area contributed by atoms with E-state index in [1.807, 2.05) is 43.6 Å². The number of amides is 1. The molecule has 1 atom stereocenters. The molecule has 0 spiro atoms. The zero-order valence-electron chi connectivity index (χ0n) is 21.4. The van der Waals surface area contributed by atoms with Gasteiger partial charge < -0.3 is 19.9 Å². The number of hydrogen-bond acceptors (Lipinski definition) is 6. The van der Waals surface area contributed by atoms with Crippen molar-refractivity contribution in [3.63, 3.8) is 0 Å². The van der Waals surface area contributed by atoms with Crippen molar-refractivity contribution in [2.24, 2.45) is 5.92 Å². The maximum absolute atomic E-state index is 13.0. The molecule has 188 valence electrons. The Morgan fingerprint density at radius 3 is 2.73 bits per heavy atom. The fourth-order valence-electron chi connectivity index (χ4n) is 4.57. The third-order valence-electron chi connectivity index (χ3n) is 6.57. The van der Waals surface area contributed by atoms with Crippen molar-refractivity contribution in [3.05, 3.63) is 89.9 Å². The van der Waals surface area contributed by atoms with Crippen molar-refractivity contribution < 1.29 is 9.53 Å². The number of carbonyl (C=O) groups excluding carboxylic acids is 1. The Labute approximate surface area is 216 Å². The van der Waals surface area contributed by atoms with Crippen LogP contribution in [0.15, 0.2) is 73.0 Å². The van der Waals surface area contributed by atoms with Crippen LogP contribution in [0, 0.1) is 12.8 Å². The summed E-state index contributed by atoms with van der Waals surface area (Å²) in [7, 11) is 5.25. The van der Waals surface area contributed by atoms with Crippen LogP contribution in [0.1, 0.15) is 23.4 Å². The van der Waals surface area contributed by atoms with Crippen molar-refractivity contribution >= 4 is 22.5 Å². The molecule has 8 heteroatoms. The number of fused-ring (bicyclic) bond motifs is 1. The van der Waals surface area contributed by atoms with Crippen LogP contribution in [0.2, 0.25) is 0 Å². The van der Waals surface area contributed by atoms with Crippen LogP contribution in [0.5, 0.6) is 5.75 Å². The minimum Gasteiger partial charge on any atom is -0.496 e. The molecule has 1 amide bonds. The Bertz CT molecular complexity index is 1500. The number of nitrogens with zero attached hydrogens (tertiary/aromatic N) is 4. The van der Waals surface area contributed by atoms with Gasteiger partial charge in [0.1, 0.15) is 11.4 Å². The quantitative estimate of drug-likeness (QED) is 0.393. The predicted molar refractivity (Wildman–Crippen MR) is 145 cm³/mol. The Kier molecular flexibility index (Phi) is 6.72. The second kappa shape index (κ2) is 10.3. The molecule has 0 bridgehead atoms. The first-order valence-electron chi connectivity index (χ1n) is 12.2. The van der Waals surface area contributed by atoms with Crippen molar-refractivity contribution in [2.45, 2.75) is 19.9 Å². The minimum atomic E-state index is -0.287. The topological polar surface area (TPSA) is 96.0 Å². The normalized spacial score (nSPS) is 15.2. The lowest BCUT2D eigenvalue weighted by Gasteiger charge is -2.26. The molecule has 8 nitrogen and oxygen atoms in total. The smallest absolute Gasteiger partial charge is 0.231 e. The molecular weight excluding hydrogens is 464 g/mol. The molecule has 1 unspecified atom stereocenters. The maximum atomic E-state index is 13.0. The van der Waals surface area contributed by atoms with Gasteiger partial charge in [0.15, 0.2) is 0 Å². The molecule has 0 saturated carbocycles. The van der Waals surface area contributed by atoms with E-state index in [1.165, 1.54) is 0 Å². The van der Waals surface area contributed by atoms with Crippen LogP contribution in [-0.4, -0.2) is 51.9 Å². The lowest BCUT2D eigenvalue weighted by atomic mass is 9.89. The first-order chi connectivity index (χ1) is 17.9. The number of rotatable bonds is 7. The summed E-state index contributed by atoms with van der Waals surface area (Å²) in [6.45, 7) is 2.39. The summed E-state index contributed by atoms with van der Waals surface area (Å²) in [4.78, 5) is 31.3. The molecule has 0 radical (unpaired) electrons. The Morgan fingerprint density at radius 2 is 1.97 bits per heavy atom. The van der Waals surface area contributed by atoms with Crippen LogP contribution in [0.25, 0.3) is 27.7 Å². The van der Waals surface area contributed by atoms with Gasteiger partial charge in [-0.1, -0.05) is 24.3 Å². The first kappa shape index (κ1) is 24.2. The molecule has 0 fully saturated rings. The van der Waals surface area contributed by atoms with Crippen LogP contribution >= 0.6 is 0 Å². The molecule has 1 aliphatic carbocycles. The summed E-state index contributed by atoms with van der Waals surface area (Å²) in [5.74, 6) is 0.577. The number of para-hydroxylation sites is 1. The third kappa shape index (κ3) is 4.95. The van der Waals surface area contributed by atoms with E-state index in [9.17, 15) is 4.79 Å². The maximum Gasteiger partial charge on any atom is 0.231 e. The van der Waals surface area contributed by atoms with E-state index < -0.39 is 0 Å². The van der Waals surface area contributed by atoms with Gasteiger partial charge in [-0.15, -0.1) is 0 Å². The van der Waals surface area contributed by atoms with E-state index in [4.69, 9.17) is 4.74 Å². The van der Waals surface area contributed by atoms with Gasteiger partial charge in [0.2, 0.25) is 5.91 Å². The minimum absolute atomic E-state index is 0.0571. The van der Waals surface area contributed by atoms with E-state index >= 15 is 0 Å². The van der Waals surface area contributed by atoms with E-state index in [0.717, 1.165) is 56.1 Å². The molecule has 2 N–H and O–H groups in total. The predicted octanol–water partition coefficient (Wildman–Crippen LogP) is 4.50. The zero-order chi connectivity index (χ0) is 25.9. The average Bonchev–Trinajstić information content (AvgIpc) is 3.35. The molecule has 0 saturated heterocycles. The molecule has 37 heavy (non-hydrogen) atoms. The van der Waals surface area contributed by atoms with Crippen LogP contribution in [0.4, 0.5) is 0 Å². The third-order valence-corrected chi connectivity index (χ3v) is 6.57. The number of pyridine rings is 1. The molecule has 3 aromatic heterocycles. The number of nitrogens with one attached hydrogen (secondary N) is 2. The van der Waals surface area contributed by atoms with Crippen LogP contribution in [-0.2, 0) is 11.3 Å². The number of allylic oxidation sites excluding steroid dienone is 3. The van der Waals surface area contributed by atoms with E-state index in [2.05, 4.69) is 43.5 Å². The van der Waals surface area contributed by atoms with Gasteiger partial charge in [0.05, 0.1) is 37.2 Å². The van der Waals surface area contributed by atoms with Crippen molar-refractivity contribution in [1.29, 1.82) is 0 Å². The highest BCUT2D eigenvalue weighted by molar-refractivity contribution is 5.97. The fraction of sp³-hybridized carbons (Fsp3) is 0.241. The number of aromatic amines is 1. The Balaban J connectivity index is 1.49. The number of aromatic nitrogens is 4. The number of benzene rings is 1. The highest BCUT2D eigenvalue weighted by Gasteiger charge is 2.27. The first-order valence-corrected chi connectivity index (χ1v) is 12.2. The number of H-pyrrole nitrogens is 1. The van der Waals surface area contributed by atoms with Gasteiger partial charge in [-0.05, 0) is 37.1 Å².